The highest BCUT2D eigenvalue weighted by Gasteiger charge is 2.34. The largest absolute Gasteiger partial charge is 0.394 e. The Balaban J connectivity index is 2.05. The fourth-order valence-electron chi connectivity index (χ4n) is 2.68. The van der Waals surface area contributed by atoms with Gasteiger partial charge in [-0.3, -0.25) is 5.32 Å². The summed E-state index contributed by atoms with van der Waals surface area (Å²) in [6.45, 7) is 0.216. The molecule has 0 radical (unpaired) electrons. The van der Waals surface area contributed by atoms with Crippen LogP contribution in [0, 0.1) is 11.6 Å². The van der Waals surface area contributed by atoms with Crippen molar-refractivity contribution >= 4 is 5.57 Å². The molecule has 108 valence electrons. The highest BCUT2D eigenvalue weighted by molar-refractivity contribution is 5.72. The molecule has 0 saturated heterocycles. The molecule has 0 unspecified atom stereocenters. The molecule has 4 heteroatoms. The normalized spacial score (nSPS) is 21.4. The van der Waals surface area contributed by atoms with Crippen molar-refractivity contribution in [2.45, 2.75) is 5.54 Å². The average molecular weight is 287 g/mol. The molecular formula is C17H15F2NO. The van der Waals surface area contributed by atoms with Gasteiger partial charge in [0.2, 0.25) is 0 Å². The molecule has 1 atom stereocenters. The Labute approximate surface area is 121 Å². The van der Waals surface area contributed by atoms with Crippen LogP contribution in [0.3, 0.4) is 0 Å². The number of hydrogen-bond donors (Lipinski definition) is 2. The van der Waals surface area contributed by atoms with E-state index in [2.05, 4.69) is 5.32 Å². The Bertz CT molecular complexity index is 684. The van der Waals surface area contributed by atoms with E-state index in [-0.39, 0.29) is 12.2 Å². The van der Waals surface area contributed by atoms with Crippen molar-refractivity contribution in [3.8, 4) is 0 Å². The van der Waals surface area contributed by atoms with Gasteiger partial charge >= 0.3 is 0 Å². The molecule has 21 heavy (non-hydrogen) atoms. The molecule has 0 aromatic heterocycles. The fourth-order valence-corrected chi connectivity index (χ4v) is 2.68. The van der Waals surface area contributed by atoms with Gasteiger partial charge in [0.25, 0.3) is 0 Å². The highest BCUT2D eigenvalue weighted by atomic mass is 19.1. The number of rotatable bonds is 3. The third kappa shape index (κ3) is 2.48. The maximum Gasteiger partial charge on any atom is 0.130 e. The van der Waals surface area contributed by atoms with Crippen LogP contribution in [0.2, 0.25) is 0 Å². The summed E-state index contributed by atoms with van der Waals surface area (Å²) in [5.41, 5.74) is 1.01. The molecule has 1 aliphatic heterocycles. The molecule has 0 aliphatic carbocycles. The predicted octanol–water partition coefficient (Wildman–Crippen LogP) is 2.84. The number of aliphatic hydroxyl groups excluding tert-OH is 1. The van der Waals surface area contributed by atoms with E-state index in [0.29, 0.717) is 12.1 Å². The second kappa shape index (κ2) is 5.39. The van der Waals surface area contributed by atoms with Crippen molar-refractivity contribution in [2.24, 2.45) is 0 Å². The van der Waals surface area contributed by atoms with E-state index < -0.39 is 17.2 Å². The van der Waals surface area contributed by atoms with Crippen LogP contribution >= 0.6 is 0 Å². The molecule has 1 aliphatic rings. The maximum absolute atomic E-state index is 13.9. The first-order chi connectivity index (χ1) is 10.1. The molecule has 0 bridgehead atoms. The lowest BCUT2D eigenvalue weighted by molar-refractivity contribution is 0.207. The van der Waals surface area contributed by atoms with Gasteiger partial charge in [-0.25, -0.2) is 8.78 Å². The van der Waals surface area contributed by atoms with Gasteiger partial charge in [-0.1, -0.05) is 36.4 Å². The molecule has 0 saturated carbocycles. The Kier molecular flexibility index (Phi) is 3.57. The maximum atomic E-state index is 13.9. The van der Waals surface area contributed by atoms with Gasteiger partial charge in [0.05, 0.1) is 12.1 Å². The van der Waals surface area contributed by atoms with Gasteiger partial charge in [0.1, 0.15) is 11.6 Å². The second-order valence-corrected chi connectivity index (χ2v) is 5.14. The first-order valence-electron chi connectivity index (χ1n) is 6.73. The molecule has 0 fully saturated rings. The Morgan fingerprint density at radius 3 is 2.57 bits per heavy atom. The quantitative estimate of drug-likeness (QED) is 0.910. The monoisotopic (exact) mass is 287 g/mol. The second-order valence-electron chi connectivity index (χ2n) is 5.14. The van der Waals surface area contributed by atoms with E-state index in [9.17, 15) is 13.9 Å². The SMILES string of the molecule is OC[C@@]1(c2ccccc2)C=C(c2cc(F)ccc2F)CN1. The van der Waals surface area contributed by atoms with Crippen LogP contribution < -0.4 is 5.32 Å². The third-order valence-electron chi connectivity index (χ3n) is 3.83. The van der Waals surface area contributed by atoms with Crippen molar-refractivity contribution in [1.82, 2.24) is 5.32 Å². The lowest BCUT2D eigenvalue weighted by Crippen LogP contribution is -2.40. The minimum Gasteiger partial charge on any atom is -0.394 e. The molecule has 2 aromatic rings. The molecular weight excluding hydrogens is 272 g/mol. The van der Waals surface area contributed by atoms with E-state index in [4.69, 9.17) is 0 Å². The van der Waals surface area contributed by atoms with Gasteiger partial charge in [0, 0.05) is 12.1 Å². The van der Waals surface area contributed by atoms with E-state index in [1.807, 2.05) is 30.3 Å². The van der Waals surface area contributed by atoms with E-state index in [0.717, 1.165) is 17.7 Å². The number of benzene rings is 2. The van der Waals surface area contributed by atoms with Gasteiger partial charge < -0.3 is 5.11 Å². The first-order valence-corrected chi connectivity index (χ1v) is 6.73. The lowest BCUT2D eigenvalue weighted by Gasteiger charge is -2.26. The molecule has 1 heterocycles. The van der Waals surface area contributed by atoms with Gasteiger partial charge in [-0.05, 0) is 29.3 Å². The van der Waals surface area contributed by atoms with E-state index >= 15 is 0 Å². The summed E-state index contributed by atoms with van der Waals surface area (Å²) < 4.78 is 27.2. The summed E-state index contributed by atoms with van der Waals surface area (Å²) in [6, 6.07) is 12.8. The van der Waals surface area contributed by atoms with Crippen molar-refractivity contribution in [3.05, 3.63) is 77.4 Å². The molecule has 3 rings (SSSR count). The van der Waals surface area contributed by atoms with Crippen LogP contribution in [-0.4, -0.2) is 18.3 Å². The Morgan fingerprint density at radius 2 is 1.86 bits per heavy atom. The van der Waals surface area contributed by atoms with Gasteiger partial charge in [-0.2, -0.15) is 0 Å². The van der Waals surface area contributed by atoms with E-state index in [1.54, 1.807) is 6.08 Å². The first kappa shape index (κ1) is 13.9. The number of hydrogen-bond acceptors (Lipinski definition) is 2. The summed E-state index contributed by atoms with van der Waals surface area (Å²) >= 11 is 0. The zero-order valence-electron chi connectivity index (χ0n) is 11.3. The highest BCUT2D eigenvalue weighted by Crippen LogP contribution is 2.33. The predicted molar refractivity (Wildman–Crippen MR) is 77.5 cm³/mol. The minimum absolute atomic E-state index is 0.155. The molecule has 2 nitrogen and oxygen atoms in total. The summed E-state index contributed by atoms with van der Waals surface area (Å²) in [4.78, 5) is 0. The Morgan fingerprint density at radius 1 is 1.10 bits per heavy atom. The van der Waals surface area contributed by atoms with Crippen molar-refractivity contribution in [2.75, 3.05) is 13.2 Å². The summed E-state index contributed by atoms with van der Waals surface area (Å²) in [5.74, 6) is -0.945. The summed E-state index contributed by atoms with van der Waals surface area (Å²) in [6.07, 6.45) is 1.78. The zero-order valence-corrected chi connectivity index (χ0v) is 11.3. The van der Waals surface area contributed by atoms with Crippen LogP contribution in [0.15, 0.2) is 54.6 Å². The number of aliphatic hydroxyl groups is 1. The van der Waals surface area contributed by atoms with Crippen LogP contribution in [0.25, 0.3) is 5.57 Å². The third-order valence-corrected chi connectivity index (χ3v) is 3.83. The van der Waals surface area contributed by atoms with Gasteiger partial charge in [-0.15, -0.1) is 0 Å². The average Bonchev–Trinajstić information content (AvgIpc) is 2.96. The van der Waals surface area contributed by atoms with Crippen LogP contribution in [0.5, 0.6) is 0 Å². The standard InChI is InChI=1S/C17H15F2NO/c18-14-6-7-16(19)15(8-14)12-9-17(11-21,20-10-12)13-4-2-1-3-5-13/h1-9,20-21H,10-11H2/t17-/m1/s1. The smallest absolute Gasteiger partial charge is 0.130 e. The van der Waals surface area contributed by atoms with Gasteiger partial charge in [0.15, 0.2) is 0 Å². The Hall–Kier alpha value is -2.04. The molecule has 0 spiro atoms. The van der Waals surface area contributed by atoms with Crippen LogP contribution in [0.4, 0.5) is 8.78 Å². The lowest BCUT2D eigenvalue weighted by atomic mass is 9.90. The summed E-state index contributed by atoms with van der Waals surface area (Å²) in [5, 5.41) is 13.0. The fraction of sp³-hybridized carbons (Fsp3) is 0.176. The topological polar surface area (TPSA) is 32.3 Å². The summed E-state index contributed by atoms with van der Waals surface area (Å²) in [7, 11) is 0. The molecule has 0 amide bonds. The van der Waals surface area contributed by atoms with E-state index in [1.165, 1.54) is 6.07 Å². The number of nitrogens with one attached hydrogen (secondary N) is 1. The molecule has 2 N–H and O–H groups in total. The number of halogens is 2. The molecule has 2 aromatic carbocycles. The minimum atomic E-state index is -0.755. The van der Waals surface area contributed by atoms with Crippen LogP contribution in [-0.2, 0) is 5.54 Å². The van der Waals surface area contributed by atoms with Crippen molar-refractivity contribution in [3.63, 3.8) is 0 Å². The van der Waals surface area contributed by atoms with Crippen LogP contribution in [0.1, 0.15) is 11.1 Å². The zero-order chi connectivity index (χ0) is 14.9. The van der Waals surface area contributed by atoms with Crippen molar-refractivity contribution in [1.29, 1.82) is 0 Å². The van der Waals surface area contributed by atoms with Crippen molar-refractivity contribution < 1.29 is 13.9 Å².